The fourth-order valence-electron chi connectivity index (χ4n) is 3.65. The topological polar surface area (TPSA) is 81.5 Å². The molecule has 2 atom stereocenters. The molecule has 0 aromatic heterocycles. The van der Waals surface area contributed by atoms with Crippen molar-refractivity contribution in [3.05, 3.63) is 53.8 Å². The van der Waals surface area contributed by atoms with Crippen molar-refractivity contribution in [2.24, 2.45) is 0 Å². The Morgan fingerprint density at radius 1 is 1.00 bits per heavy atom. The van der Waals surface area contributed by atoms with Gasteiger partial charge in [0.05, 0.1) is 20.7 Å². The fraction of sp³-hybridized carbons (Fsp3) is 0.429. The summed E-state index contributed by atoms with van der Waals surface area (Å²) >= 11 is 0. The monoisotopic (exact) mass is 489 g/mol. The molecule has 0 spiro atoms. The number of anilines is 1. The highest BCUT2D eigenvalue weighted by Crippen LogP contribution is 2.39. The molecule has 1 unspecified atom stereocenters. The van der Waals surface area contributed by atoms with E-state index in [9.17, 15) is 25.8 Å². The molecule has 1 saturated heterocycles. The Hall–Kier alpha value is -2.11. The standard InChI is InChI=1S/C21H26F3N3O3S2/c1-15(31(28,29)16-7-9-17(10-8-16)32(25,30)26(2)3)18-5-4-6-19(22)20(18)27-13-11-21(23,24)12-14-27/h4-10,15,25H,11-14H2,1-3H3/t15-,32?/m1/s1. The number of sulfone groups is 1. The van der Waals surface area contributed by atoms with Gasteiger partial charge in [-0.15, -0.1) is 0 Å². The molecule has 6 nitrogen and oxygen atoms in total. The van der Waals surface area contributed by atoms with Crippen molar-refractivity contribution in [1.82, 2.24) is 4.31 Å². The maximum Gasteiger partial charge on any atom is 0.251 e. The molecule has 32 heavy (non-hydrogen) atoms. The van der Waals surface area contributed by atoms with Gasteiger partial charge in [-0.1, -0.05) is 12.1 Å². The van der Waals surface area contributed by atoms with E-state index in [2.05, 4.69) is 0 Å². The molecule has 0 radical (unpaired) electrons. The minimum absolute atomic E-state index is 0.0254. The number of piperidine rings is 1. The van der Waals surface area contributed by atoms with Crippen LogP contribution in [0.5, 0.6) is 0 Å². The van der Waals surface area contributed by atoms with Crippen molar-refractivity contribution < 1.29 is 25.8 Å². The lowest BCUT2D eigenvalue weighted by Gasteiger charge is -2.35. The summed E-state index contributed by atoms with van der Waals surface area (Å²) in [5.41, 5.74) is 0.217. The highest BCUT2D eigenvalue weighted by atomic mass is 32.2. The zero-order chi connectivity index (χ0) is 23.9. The second-order valence-corrected chi connectivity index (χ2v) is 12.5. The summed E-state index contributed by atoms with van der Waals surface area (Å²) in [5, 5.41) is -1.16. The van der Waals surface area contributed by atoms with Gasteiger partial charge in [-0.3, -0.25) is 0 Å². The predicted molar refractivity (Wildman–Crippen MR) is 118 cm³/mol. The third-order valence-corrected chi connectivity index (χ3v) is 9.77. The van der Waals surface area contributed by atoms with Gasteiger partial charge < -0.3 is 4.90 Å². The summed E-state index contributed by atoms with van der Waals surface area (Å²) < 4.78 is 90.1. The first-order chi connectivity index (χ1) is 14.8. The lowest BCUT2D eigenvalue weighted by Crippen LogP contribution is -2.40. The van der Waals surface area contributed by atoms with Crippen LogP contribution in [0.3, 0.4) is 0 Å². The normalized spacial score (nSPS) is 19.5. The molecule has 176 valence electrons. The van der Waals surface area contributed by atoms with Crippen LogP contribution < -0.4 is 4.90 Å². The Bertz CT molecular complexity index is 1190. The van der Waals surface area contributed by atoms with E-state index in [1.54, 1.807) is 0 Å². The molecular formula is C21H26F3N3O3S2. The first-order valence-corrected chi connectivity index (χ1v) is 13.0. The van der Waals surface area contributed by atoms with Crippen molar-refractivity contribution in [2.45, 2.75) is 40.7 Å². The summed E-state index contributed by atoms with van der Waals surface area (Å²) in [5.74, 6) is -3.48. The Morgan fingerprint density at radius 2 is 1.53 bits per heavy atom. The number of nitrogens with zero attached hydrogens (tertiary/aromatic N) is 2. The van der Waals surface area contributed by atoms with Gasteiger partial charge in [0.25, 0.3) is 5.92 Å². The molecule has 0 saturated carbocycles. The fourth-order valence-corrected chi connectivity index (χ4v) is 6.02. The molecule has 2 aromatic rings. The number of halogens is 3. The van der Waals surface area contributed by atoms with Crippen LogP contribution in [0.1, 0.15) is 30.6 Å². The molecule has 1 aliphatic heterocycles. The molecule has 1 N–H and O–H groups in total. The lowest BCUT2D eigenvalue weighted by molar-refractivity contribution is -0.0221. The summed E-state index contributed by atoms with van der Waals surface area (Å²) in [4.78, 5) is 1.57. The average Bonchev–Trinajstić information content (AvgIpc) is 2.73. The smallest absolute Gasteiger partial charge is 0.251 e. The molecule has 11 heteroatoms. The number of nitrogens with one attached hydrogen (secondary N) is 1. The van der Waals surface area contributed by atoms with E-state index >= 15 is 0 Å². The van der Waals surface area contributed by atoms with E-state index in [4.69, 9.17) is 4.78 Å². The van der Waals surface area contributed by atoms with Crippen molar-refractivity contribution >= 4 is 25.4 Å². The largest absolute Gasteiger partial charge is 0.368 e. The molecule has 1 heterocycles. The Kier molecular flexibility index (Phi) is 6.65. The van der Waals surface area contributed by atoms with Gasteiger partial charge in [-0.05, 0) is 42.8 Å². The number of benzene rings is 2. The van der Waals surface area contributed by atoms with E-state index in [1.165, 1.54) is 72.7 Å². The molecule has 0 amide bonds. The minimum Gasteiger partial charge on any atom is -0.368 e. The lowest BCUT2D eigenvalue weighted by atomic mass is 10.0. The van der Waals surface area contributed by atoms with Crippen LogP contribution >= 0.6 is 0 Å². The van der Waals surface area contributed by atoms with Crippen molar-refractivity contribution in [1.29, 1.82) is 4.78 Å². The van der Waals surface area contributed by atoms with E-state index < -0.39 is 49.6 Å². The van der Waals surface area contributed by atoms with E-state index in [0.717, 1.165) is 0 Å². The first kappa shape index (κ1) is 24.5. The second-order valence-electron chi connectivity index (χ2n) is 8.02. The van der Waals surface area contributed by atoms with Crippen LogP contribution in [0, 0.1) is 10.6 Å². The van der Waals surface area contributed by atoms with Gasteiger partial charge >= 0.3 is 0 Å². The Balaban J connectivity index is 1.97. The summed E-state index contributed by atoms with van der Waals surface area (Å²) in [6.07, 6.45) is -0.858. The van der Waals surface area contributed by atoms with Crippen LogP contribution in [0.2, 0.25) is 0 Å². The predicted octanol–water partition coefficient (Wildman–Crippen LogP) is 4.48. The Morgan fingerprint density at radius 3 is 2.06 bits per heavy atom. The summed E-state index contributed by atoms with van der Waals surface area (Å²) in [6, 6.07) is 9.28. The van der Waals surface area contributed by atoms with Gasteiger partial charge in [0.1, 0.15) is 15.7 Å². The molecule has 0 bridgehead atoms. The molecular weight excluding hydrogens is 463 g/mol. The van der Waals surface area contributed by atoms with Gasteiger partial charge in [0, 0.05) is 40.0 Å². The van der Waals surface area contributed by atoms with Crippen molar-refractivity contribution in [3.63, 3.8) is 0 Å². The zero-order valence-electron chi connectivity index (χ0n) is 18.0. The van der Waals surface area contributed by atoms with E-state index in [-0.39, 0.29) is 34.1 Å². The molecule has 0 aliphatic carbocycles. The quantitative estimate of drug-likeness (QED) is 0.649. The molecule has 1 aliphatic rings. The number of para-hydroxylation sites is 1. The van der Waals surface area contributed by atoms with Crippen LogP contribution in [0.4, 0.5) is 18.9 Å². The number of hydrogen-bond donors (Lipinski definition) is 1. The third kappa shape index (κ3) is 4.65. The van der Waals surface area contributed by atoms with Gasteiger partial charge in [-0.2, -0.15) is 0 Å². The average molecular weight is 490 g/mol. The van der Waals surface area contributed by atoms with Gasteiger partial charge in [0.2, 0.25) is 0 Å². The van der Waals surface area contributed by atoms with Crippen LogP contribution in [-0.2, 0) is 19.8 Å². The highest BCUT2D eigenvalue weighted by Gasteiger charge is 2.37. The second kappa shape index (κ2) is 8.68. The van der Waals surface area contributed by atoms with Crippen LogP contribution in [0.15, 0.2) is 52.3 Å². The highest BCUT2D eigenvalue weighted by molar-refractivity contribution is 7.91. The SMILES string of the molecule is C[C@H](c1cccc(F)c1N1CCC(F)(F)CC1)S(=O)(=O)c1ccc(S(=N)(=O)N(C)C)cc1. The molecule has 2 aromatic carbocycles. The molecule has 1 fully saturated rings. The minimum atomic E-state index is -3.98. The van der Waals surface area contributed by atoms with Crippen molar-refractivity contribution in [3.8, 4) is 0 Å². The van der Waals surface area contributed by atoms with Crippen LogP contribution in [-0.4, -0.2) is 50.0 Å². The number of rotatable bonds is 6. The summed E-state index contributed by atoms with van der Waals surface area (Å²) in [7, 11) is -4.23. The maximum absolute atomic E-state index is 14.8. The Labute approximate surface area is 187 Å². The third-order valence-electron chi connectivity index (χ3n) is 5.72. The van der Waals surface area contributed by atoms with Gasteiger partial charge in [-0.25, -0.2) is 34.9 Å². The molecule has 3 rings (SSSR count). The van der Waals surface area contributed by atoms with Crippen LogP contribution in [0.25, 0.3) is 0 Å². The van der Waals surface area contributed by atoms with Crippen molar-refractivity contribution in [2.75, 3.05) is 32.1 Å². The van der Waals surface area contributed by atoms with Gasteiger partial charge in [0.15, 0.2) is 9.84 Å². The zero-order valence-corrected chi connectivity index (χ0v) is 19.6. The maximum atomic E-state index is 14.8. The number of alkyl halides is 2. The number of hydrogen-bond acceptors (Lipinski definition) is 5. The summed E-state index contributed by atoms with van der Waals surface area (Å²) in [6.45, 7) is 1.27. The first-order valence-electron chi connectivity index (χ1n) is 9.99. The van der Waals surface area contributed by atoms with E-state index in [1.807, 2.05) is 0 Å². The van der Waals surface area contributed by atoms with E-state index in [0.29, 0.717) is 0 Å².